The van der Waals surface area contributed by atoms with Crippen LogP contribution in [0, 0.1) is 19.7 Å². The summed E-state index contributed by atoms with van der Waals surface area (Å²) in [5, 5.41) is 11.1. The third kappa shape index (κ3) is 6.67. The molecule has 0 aliphatic rings. The smallest absolute Gasteiger partial charge is 0.191 e. The van der Waals surface area contributed by atoms with Crippen LogP contribution >= 0.6 is 0 Å². The number of nitrogens with zero attached hydrogens (tertiary/aromatic N) is 3. The molecule has 0 saturated carbocycles. The third-order valence-corrected chi connectivity index (χ3v) is 4.23. The number of aromatic nitrogens is 2. The van der Waals surface area contributed by atoms with Crippen molar-refractivity contribution >= 4 is 5.96 Å². The summed E-state index contributed by atoms with van der Waals surface area (Å²) in [5.41, 5.74) is 3.13. The highest BCUT2D eigenvalue weighted by Crippen LogP contribution is 2.17. The van der Waals surface area contributed by atoms with Gasteiger partial charge >= 0.3 is 0 Å². The van der Waals surface area contributed by atoms with Crippen molar-refractivity contribution in [2.45, 2.75) is 39.8 Å². The van der Waals surface area contributed by atoms with Crippen molar-refractivity contribution in [3.05, 3.63) is 53.1 Å². The van der Waals surface area contributed by atoms with Gasteiger partial charge in [0.2, 0.25) is 0 Å². The molecule has 2 aromatic rings. The highest BCUT2D eigenvalue weighted by molar-refractivity contribution is 5.79. The normalized spacial score (nSPS) is 12.9. The number of aryl methyl sites for hydroxylation is 3. The molecule has 0 bridgehead atoms. The first-order valence-electron chi connectivity index (χ1n) is 9.35. The molecule has 0 fully saturated rings. The van der Waals surface area contributed by atoms with Gasteiger partial charge in [0.1, 0.15) is 11.9 Å². The van der Waals surface area contributed by atoms with Gasteiger partial charge < -0.3 is 15.4 Å². The number of rotatable bonds is 9. The summed E-state index contributed by atoms with van der Waals surface area (Å²) >= 11 is 0. The fourth-order valence-corrected chi connectivity index (χ4v) is 2.85. The Hall–Kier alpha value is -2.41. The van der Waals surface area contributed by atoms with Crippen LogP contribution < -0.4 is 10.6 Å². The molecule has 148 valence electrons. The van der Waals surface area contributed by atoms with E-state index in [9.17, 15) is 4.39 Å². The molecule has 1 atom stereocenters. The van der Waals surface area contributed by atoms with Gasteiger partial charge in [-0.2, -0.15) is 5.10 Å². The van der Waals surface area contributed by atoms with Gasteiger partial charge in [-0.15, -0.1) is 0 Å². The Morgan fingerprint density at radius 1 is 1.26 bits per heavy atom. The number of ether oxygens (including phenoxy) is 1. The highest BCUT2D eigenvalue weighted by atomic mass is 19.1. The van der Waals surface area contributed by atoms with Gasteiger partial charge in [-0.25, -0.2) is 4.39 Å². The minimum Gasteiger partial charge on any atom is -0.375 e. The number of guanidine groups is 1. The molecule has 1 aromatic carbocycles. The van der Waals surface area contributed by atoms with Crippen LogP contribution in [0.2, 0.25) is 0 Å². The second kappa shape index (κ2) is 10.7. The Balaban J connectivity index is 1.86. The van der Waals surface area contributed by atoms with Crippen LogP contribution in [-0.4, -0.2) is 42.5 Å². The molecule has 0 amide bonds. The number of aliphatic imine (C=N–C) groups is 1. The van der Waals surface area contributed by atoms with E-state index in [4.69, 9.17) is 4.74 Å². The van der Waals surface area contributed by atoms with E-state index in [0.29, 0.717) is 6.54 Å². The zero-order chi connectivity index (χ0) is 19.6. The lowest BCUT2D eigenvalue weighted by molar-refractivity contribution is 0.111. The van der Waals surface area contributed by atoms with Crippen LogP contribution in [0.15, 0.2) is 35.3 Å². The number of halogens is 1. The first-order valence-corrected chi connectivity index (χ1v) is 9.35. The third-order valence-electron chi connectivity index (χ3n) is 4.23. The molecule has 6 nitrogen and oxygen atoms in total. The van der Waals surface area contributed by atoms with E-state index in [1.165, 1.54) is 17.8 Å². The molecule has 0 spiro atoms. The molecular formula is C20H30FN5O. The molecule has 7 heteroatoms. The van der Waals surface area contributed by atoms with Crippen molar-refractivity contribution in [3.8, 4) is 0 Å². The van der Waals surface area contributed by atoms with Crippen molar-refractivity contribution in [2.24, 2.45) is 4.99 Å². The molecule has 2 rings (SSSR count). The SMILES string of the molecule is CCNC(=NCC(OC)c1ccc(F)cc1)NCCCn1nc(C)cc1C. The predicted molar refractivity (Wildman–Crippen MR) is 106 cm³/mol. The Bertz CT molecular complexity index is 726. The topological polar surface area (TPSA) is 63.5 Å². The predicted octanol–water partition coefficient (Wildman–Crippen LogP) is 2.97. The van der Waals surface area contributed by atoms with Crippen LogP contribution in [0.4, 0.5) is 4.39 Å². The summed E-state index contributed by atoms with van der Waals surface area (Å²) in [6.45, 7) is 8.98. The minimum absolute atomic E-state index is 0.212. The maximum atomic E-state index is 13.1. The number of methoxy groups -OCH3 is 1. The van der Waals surface area contributed by atoms with Gasteiger partial charge in [0.15, 0.2) is 5.96 Å². The van der Waals surface area contributed by atoms with E-state index >= 15 is 0 Å². The van der Waals surface area contributed by atoms with E-state index in [1.54, 1.807) is 19.2 Å². The van der Waals surface area contributed by atoms with Gasteiger partial charge in [-0.3, -0.25) is 9.67 Å². The van der Waals surface area contributed by atoms with Crippen LogP contribution in [0.3, 0.4) is 0 Å². The van der Waals surface area contributed by atoms with Crippen LogP contribution in [0.5, 0.6) is 0 Å². The summed E-state index contributed by atoms with van der Waals surface area (Å²) in [6, 6.07) is 8.42. The first kappa shape index (κ1) is 20.9. The lowest BCUT2D eigenvalue weighted by Gasteiger charge is -2.16. The van der Waals surface area contributed by atoms with Crippen molar-refractivity contribution in [3.63, 3.8) is 0 Å². The Labute approximate surface area is 160 Å². The number of nitrogens with one attached hydrogen (secondary N) is 2. The summed E-state index contributed by atoms with van der Waals surface area (Å²) in [7, 11) is 1.64. The second-order valence-electron chi connectivity index (χ2n) is 6.43. The van der Waals surface area contributed by atoms with E-state index in [2.05, 4.69) is 33.7 Å². The molecule has 1 unspecified atom stereocenters. The van der Waals surface area contributed by atoms with E-state index in [0.717, 1.165) is 43.3 Å². The zero-order valence-corrected chi connectivity index (χ0v) is 16.6. The summed E-state index contributed by atoms with van der Waals surface area (Å²) in [5.74, 6) is 0.491. The van der Waals surface area contributed by atoms with Gasteiger partial charge in [-0.05, 0) is 51.0 Å². The Kier molecular flexibility index (Phi) is 8.26. The van der Waals surface area contributed by atoms with Crippen molar-refractivity contribution in [1.82, 2.24) is 20.4 Å². The van der Waals surface area contributed by atoms with Crippen LogP contribution in [0.1, 0.15) is 36.4 Å². The van der Waals surface area contributed by atoms with Gasteiger partial charge in [-0.1, -0.05) is 12.1 Å². The van der Waals surface area contributed by atoms with Gasteiger partial charge in [0, 0.05) is 32.4 Å². The van der Waals surface area contributed by atoms with E-state index in [1.807, 2.05) is 18.5 Å². The van der Waals surface area contributed by atoms with Gasteiger partial charge in [0.05, 0.1) is 12.2 Å². The van der Waals surface area contributed by atoms with E-state index < -0.39 is 0 Å². The number of hydrogen-bond donors (Lipinski definition) is 2. The maximum absolute atomic E-state index is 13.1. The standard InChI is InChI=1S/C20H30FN5O/c1-5-22-20(23-11-6-12-26-16(3)13-15(2)25-26)24-14-19(27-4)17-7-9-18(21)10-8-17/h7-10,13,19H,5-6,11-12,14H2,1-4H3,(H2,22,23,24). The molecule has 0 aliphatic carbocycles. The van der Waals surface area contributed by atoms with Gasteiger partial charge in [0.25, 0.3) is 0 Å². The molecule has 2 N–H and O–H groups in total. The first-order chi connectivity index (χ1) is 13.0. The van der Waals surface area contributed by atoms with Crippen molar-refractivity contribution in [1.29, 1.82) is 0 Å². The van der Waals surface area contributed by atoms with Crippen molar-refractivity contribution in [2.75, 3.05) is 26.7 Å². The average Bonchev–Trinajstić information content (AvgIpc) is 2.97. The lowest BCUT2D eigenvalue weighted by atomic mass is 10.1. The minimum atomic E-state index is -0.255. The molecule has 27 heavy (non-hydrogen) atoms. The van der Waals surface area contributed by atoms with Crippen LogP contribution in [0.25, 0.3) is 0 Å². The molecule has 0 saturated heterocycles. The second-order valence-corrected chi connectivity index (χ2v) is 6.43. The van der Waals surface area contributed by atoms with Crippen LogP contribution in [-0.2, 0) is 11.3 Å². The largest absolute Gasteiger partial charge is 0.375 e. The zero-order valence-electron chi connectivity index (χ0n) is 16.6. The Morgan fingerprint density at radius 2 is 2.00 bits per heavy atom. The molecular weight excluding hydrogens is 345 g/mol. The highest BCUT2D eigenvalue weighted by Gasteiger charge is 2.10. The molecule has 0 radical (unpaired) electrons. The Morgan fingerprint density at radius 3 is 2.59 bits per heavy atom. The molecule has 1 heterocycles. The fourth-order valence-electron chi connectivity index (χ4n) is 2.85. The summed E-state index contributed by atoms with van der Waals surface area (Å²) in [4.78, 5) is 4.60. The quantitative estimate of drug-likeness (QED) is 0.402. The monoisotopic (exact) mass is 375 g/mol. The molecule has 0 aliphatic heterocycles. The average molecular weight is 375 g/mol. The van der Waals surface area contributed by atoms with E-state index in [-0.39, 0.29) is 11.9 Å². The lowest BCUT2D eigenvalue weighted by Crippen LogP contribution is -2.38. The van der Waals surface area contributed by atoms with Crippen molar-refractivity contribution < 1.29 is 9.13 Å². The fraction of sp³-hybridized carbons (Fsp3) is 0.500. The summed E-state index contributed by atoms with van der Waals surface area (Å²) < 4.78 is 20.6. The summed E-state index contributed by atoms with van der Waals surface area (Å²) in [6.07, 6.45) is 0.730. The maximum Gasteiger partial charge on any atom is 0.191 e. The molecule has 1 aromatic heterocycles. The number of benzene rings is 1. The number of hydrogen-bond acceptors (Lipinski definition) is 3.